The lowest BCUT2D eigenvalue weighted by Crippen LogP contribution is -2.36. The molecule has 1 heterocycles. The third-order valence-electron chi connectivity index (χ3n) is 3.15. The Hall–Kier alpha value is -1.17. The molecule has 0 saturated heterocycles. The Morgan fingerprint density at radius 2 is 1.75 bits per heavy atom. The summed E-state index contributed by atoms with van der Waals surface area (Å²) in [6.07, 6.45) is 0. The molecule has 0 bridgehead atoms. The van der Waals surface area contributed by atoms with Gasteiger partial charge in [-0.1, -0.05) is 29.8 Å². The van der Waals surface area contributed by atoms with Gasteiger partial charge < -0.3 is 10.6 Å². The van der Waals surface area contributed by atoms with Crippen molar-refractivity contribution in [1.29, 1.82) is 0 Å². The number of sulfonamides is 1. The van der Waals surface area contributed by atoms with Crippen LogP contribution in [0.15, 0.2) is 45.6 Å². The summed E-state index contributed by atoms with van der Waals surface area (Å²) in [5.74, 6) is 0.649. The molecule has 6 nitrogen and oxygen atoms in total. The van der Waals surface area contributed by atoms with E-state index in [1.807, 2.05) is 0 Å². The highest BCUT2D eigenvalue weighted by Crippen LogP contribution is 2.19. The van der Waals surface area contributed by atoms with Crippen LogP contribution < -0.4 is 15.8 Å². The molecule has 0 unspecified atom stereocenters. The third kappa shape index (κ3) is 6.38. The Balaban J connectivity index is 0.00000288. The summed E-state index contributed by atoms with van der Waals surface area (Å²) in [6, 6.07) is 11.5. The molecular formula is C15H21IN4O2S2. The molecule has 0 aliphatic rings. The van der Waals surface area contributed by atoms with Gasteiger partial charge in [-0.05, 0) is 24.6 Å². The van der Waals surface area contributed by atoms with Crippen LogP contribution in [0.1, 0.15) is 16.0 Å². The van der Waals surface area contributed by atoms with Gasteiger partial charge in [0.05, 0.1) is 6.54 Å². The van der Waals surface area contributed by atoms with E-state index in [9.17, 15) is 8.42 Å². The maximum atomic E-state index is 11.3. The standard InChI is InChI=1S/C15H20N4O2S2.HI/c1-11-3-5-12(6-4-11)9-18-15(17-2)19-10-13-7-8-14(22-13)23(16,20)21;/h3-8H,9-10H2,1-2H3,(H2,16,20,21)(H2,17,18,19);1H. The first kappa shape index (κ1) is 20.9. The topological polar surface area (TPSA) is 96.6 Å². The van der Waals surface area contributed by atoms with Crippen LogP contribution in [0.2, 0.25) is 0 Å². The van der Waals surface area contributed by atoms with Crippen LogP contribution >= 0.6 is 35.3 Å². The van der Waals surface area contributed by atoms with E-state index in [2.05, 4.69) is 46.8 Å². The van der Waals surface area contributed by atoms with E-state index >= 15 is 0 Å². The number of rotatable bonds is 5. The van der Waals surface area contributed by atoms with Crippen LogP contribution in [0.25, 0.3) is 0 Å². The van der Waals surface area contributed by atoms with E-state index in [4.69, 9.17) is 5.14 Å². The molecule has 2 aromatic rings. The minimum absolute atomic E-state index is 0. The highest BCUT2D eigenvalue weighted by atomic mass is 127. The number of nitrogens with two attached hydrogens (primary N) is 1. The molecule has 4 N–H and O–H groups in total. The molecule has 0 aliphatic carbocycles. The van der Waals surface area contributed by atoms with Gasteiger partial charge in [0.2, 0.25) is 10.0 Å². The minimum atomic E-state index is -3.63. The lowest BCUT2D eigenvalue weighted by Gasteiger charge is -2.11. The molecular weight excluding hydrogens is 459 g/mol. The molecule has 0 spiro atoms. The van der Waals surface area contributed by atoms with Crippen LogP contribution in [0, 0.1) is 6.92 Å². The summed E-state index contributed by atoms with van der Waals surface area (Å²) in [5.41, 5.74) is 2.38. The first-order valence-corrected chi connectivity index (χ1v) is 9.36. The van der Waals surface area contributed by atoms with E-state index in [-0.39, 0.29) is 28.2 Å². The normalized spacial score (nSPS) is 11.7. The van der Waals surface area contributed by atoms with Gasteiger partial charge >= 0.3 is 0 Å². The van der Waals surface area contributed by atoms with Crippen molar-refractivity contribution < 1.29 is 8.42 Å². The lowest BCUT2D eigenvalue weighted by molar-refractivity contribution is 0.600. The number of nitrogens with one attached hydrogen (secondary N) is 2. The fourth-order valence-corrected chi connectivity index (χ4v) is 3.61. The van der Waals surface area contributed by atoms with Crippen LogP contribution in [-0.4, -0.2) is 21.4 Å². The van der Waals surface area contributed by atoms with E-state index in [1.54, 1.807) is 13.1 Å². The average molecular weight is 480 g/mol. The van der Waals surface area contributed by atoms with Crippen LogP contribution in [0.4, 0.5) is 0 Å². The smallest absolute Gasteiger partial charge is 0.247 e. The van der Waals surface area contributed by atoms with Gasteiger partial charge in [-0.2, -0.15) is 0 Å². The highest BCUT2D eigenvalue weighted by molar-refractivity contribution is 14.0. The zero-order valence-electron chi connectivity index (χ0n) is 13.4. The first-order valence-electron chi connectivity index (χ1n) is 7.00. The number of halogens is 1. The Morgan fingerprint density at radius 1 is 1.12 bits per heavy atom. The molecule has 132 valence electrons. The number of aliphatic imine (C=N–C) groups is 1. The van der Waals surface area contributed by atoms with Gasteiger partial charge in [0.25, 0.3) is 0 Å². The minimum Gasteiger partial charge on any atom is -0.352 e. The monoisotopic (exact) mass is 480 g/mol. The summed E-state index contributed by atoms with van der Waals surface area (Å²) in [4.78, 5) is 5.02. The van der Waals surface area contributed by atoms with Gasteiger partial charge in [0.15, 0.2) is 5.96 Å². The summed E-state index contributed by atoms with van der Waals surface area (Å²) >= 11 is 1.15. The second-order valence-corrected chi connectivity index (χ2v) is 7.99. The predicted octanol–water partition coefficient (Wildman–Crippen LogP) is 2.19. The number of primary sulfonamides is 1. The quantitative estimate of drug-likeness (QED) is 0.347. The maximum absolute atomic E-state index is 11.3. The van der Waals surface area contributed by atoms with Crippen LogP contribution in [0.3, 0.4) is 0 Å². The van der Waals surface area contributed by atoms with E-state index in [0.29, 0.717) is 19.0 Å². The number of thiophene rings is 1. The van der Waals surface area contributed by atoms with Crippen molar-refractivity contribution >= 4 is 51.3 Å². The number of guanidine groups is 1. The fraction of sp³-hybridized carbons (Fsp3) is 0.267. The Kier molecular flexibility index (Phi) is 8.13. The third-order valence-corrected chi connectivity index (χ3v) is 5.68. The number of benzene rings is 1. The van der Waals surface area contributed by atoms with Crippen molar-refractivity contribution in [3.63, 3.8) is 0 Å². The van der Waals surface area contributed by atoms with Crippen molar-refractivity contribution in [2.75, 3.05) is 7.05 Å². The fourth-order valence-electron chi connectivity index (χ4n) is 1.89. The number of hydrogen-bond acceptors (Lipinski definition) is 4. The molecule has 1 aromatic carbocycles. The van der Waals surface area contributed by atoms with Gasteiger partial charge in [0.1, 0.15) is 4.21 Å². The van der Waals surface area contributed by atoms with E-state index < -0.39 is 10.0 Å². The average Bonchev–Trinajstić information content (AvgIpc) is 2.98. The summed E-state index contributed by atoms with van der Waals surface area (Å²) < 4.78 is 22.7. The molecule has 9 heteroatoms. The molecule has 0 aliphatic heterocycles. The number of aryl methyl sites for hydroxylation is 1. The summed E-state index contributed by atoms with van der Waals surface area (Å²) in [6.45, 7) is 3.19. The van der Waals surface area contributed by atoms with Gasteiger partial charge in [-0.15, -0.1) is 35.3 Å². The molecule has 0 fully saturated rings. The summed E-state index contributed by atoms with van der Waals surface area (Å²) in [7, 11) is -1.94. The Bertz CT molecular complexity index is 786. The lowest BCUT2D eigenvalue weighted by atomic mass is 10.1. The van der Waals surface area contributed by atoms with Crippen molar-refractivity contribution in [3.05, 3.63) is 52.4 Å². The van der Waals surface area contributed by atoms with E-state index in [1.165, 1.54) is 11.6 Å². The summed E-state index contributed by atoms with van der Waals surface area (Å²) in [5, 5.41) is 11.5. The second-order valence-electron chi connectivity index (χ2n) is 5.03. The predicted molar refractivity (Wildman–Crippen MR) is 109 cm³/mol. The zero-order chi connectivity index (χ0) is 16.9. The molecule has 0 amide bonds. The van der Waals surface area contributed by atoms with Gasteiger partial charge in [-0.3, -0.25) is 4.99 Å². The Labute approximate surface area is 163 Å². The van der Waals surface area contributed by atoms with E-state index in [0.717, 1.165) is 21.8 Å². The van der Waals surface area contributed by atoms with Crippen molar-refractivity contribution in [2.24, 2.45) is 10.1 Å². The number of nitrogens with zero attached hydrogens (tertiary/aromatic N) is 1. The first-order chi connectivity index (χ1) is 10.9. The maximum Gasteiger partial charge on any atom is 0.247 e. The molecule has 2 rings (SSSR count). The molecule has 0 saturated carbocycles. The number of hydrogen-bond donors (Lipinski definition) is 3. The molecule has 24 heavy (non-hydrogen) atoms. The zero-order valence-corrected chi connectivity index (χ0v) is 17.4. The van der Waals surface area contributed by atoms with Gasteiger partial charge in [0, 0.05) is 18.5 Å². The molecule has 0 atom stereocenters. The largest absolute Gasteiger partial charge is 0.352 e. The molecule has 1 aromatic heterocycles. The van der Waals surface area contributed by atoms with Crippen molar-refractivity contribution in [3.8, 4) is 0 Å². The Morgan fingerprint density at radius 3 is 2.29 bits per heavy atom. The van der Waals surface area contributed by atoms with Gasteiger partial charge in [-0.25, -0.2) is 13.6 Å². The SMILES string of the molecule is CN=C(NCc1ccc(C)cc1)NCc1ccc(S(N)(=O)=O)s1.I. The van der Waals surface area contributed by atoms with Crippen molar-refractivity contribution in [1.82, 2.24) is 10.6 Å². The highest BCUT2D eigenvalue weighted by Gasteiger charge is 2.11. The molecule has 0 radical (unpaired) electrons. The van der Waals surface area contributed by atoms with Crippen LogP contribution in [0.5, 0.6) is 0 Å². The van der Waals surface area contributed by atoms with Crippen LogP contribution in [-0.2, 0) is 23.1 Å². The van der Waals surface area contributed by atoms with Crippen molar-refractivity contribution in [2.45, 2.75) is 24.2 Å². The second kappa shape index (κ2) is 9.35.